The highest BCUT2D eigenvalue weighted by Crippen LogP contribution is 2.54. The molecule has 2 N–H and O–H groups in total. The molecule has 0 unspecified atom stereocenters. The predicted octanol–water partition coefficient (Wildman–Crippen LogP) is 3.00. The van der Waals surface area contributed by atoms with Crippen LogP contribution in [0.25, 0.3) is 0 Å². The van der Waals surface area contributed by atoms with Crippen molar-refractivity contribution >= 4 is 33.0 Å². The Bertz CT molecular complexity index is 1510. The SMILES string of the molecule is O=C(Nc1ccc2n(c1=O)C1(CCC1)NC2=O)c1ccc(S(=O)(=O)C2CC2)cc1N1CCC2(CC1)CC2. The van der Waals surface area contributed by atoms with Gasteiger partial charge in [0.1, 0.15) is 17.0 Å². The summed E-state index contributed by atoms with van der Waals surface area (Å²) in [6.07, 6.45) is 8.17. The topological polar surface area (TPSA) is 118 Å². The number of carbonyl (C=O) groups excluding carboxylic acids is 2. The summed E-state index contributed by atoms with van der Waals surface area (Å²) in [5.41, 5.74) is 0.682. The Kier molecular flexibility index (Phi) is 4.78. The Labute approximate surface area is 215 Å². The highest BCUT2D eigenvalue weighted by atomic mass is 32.2. The minimum atomic E-state index is -3.42. The normalized spacial score (nSPS) is 22.9. The first-order chi connectivity index (χ1) is 17.7. The van der Waals surface area contributed by atoms with Gasteiger partial charge < -0.3 is 15.5 Å². The van der Waals surface area contributed by atoms with Crippen molar-refractivity contribution < 1.29 is 18.0 Å². The number of pyridine rings is 1. The first-order valence-corrected chi connectivity index (χ1v) is 14.8. The van der Waals surface area contributed by atoms with Gasteiger partial charge >= 0.3 is 0 Å². The minimum Gasteiger partial charge on any atom is -0.371 e. The van der Waals surface area contributed by atoms with Gasteiger partial charge in [-0.15, -0.1) is 0 Å². The van der Waals surface area contributed by atoms with E-state index in [-0.39, 0.29) is 21.7 Å². The lowest BCUT2D eigenvalue weighted by Gasteiger charge is -2.39. The van der Waals surface area contributed by atoms with Gasteiger partial charge in [0.2, 0.25) is 0 Å². The third-order valence-electron chi connectivity index (χ3n) is 9.15. The fourth-order valence-corrected chi connectivity index (χ4v) is 7.90. The number of hydrogen-bond acceptors (Lipinski definition) is 6. The molecule has 3 heterocycles. The molecule has 7 rings (SSSR count). The molecule has 2 amide bonds. The van der Waals surface area contributed by atoms with Gasteiger partial charge in [-0.2, -0.15) is 0 Å². The third kappa shape index (κ3) is 3.55. The number of piperidine rings is 1. The molecule has 0 bridgehead atoms. The van der Waals surface area contributed by atoms with E-state index in [0.29, 0.717) is 48.0 Å². The number of anilines is 2. The lowest BCUT2D eigenvalue weighted by Crippen LogP contribution is -2.52. The molecule has 9 nitrogen and oxygen atoms in total. The van der Waals surface area contributed by atoms with Crippen LogP contribution < -0.4 is 21.1 Å². The van der Waals surface area contributed by atoms with Gasteiger partial charge in [0.05, 0.1) is 21.4 Å². The molecule has 194 valence electrons. The van der Waals surface area contributed by atoms with Gasteiger partial charge in [-0.05, 0) is 93.5 Å². The molecule has 37 heavy (non-hydrogen) atoms. The Morgan fingerprint density at radius 1 is 0.973 bits per heavy atom. The van der Waals surface area contributed by atoms with E-state index < -0.39 is 27.0 Å². The summed E-state index contributed by atoms with van der Waals surface area (Å²) in [5.74, 6) is -0.738. The first kappa shape index (κ1) is 23.0. The average molecular weight is 523 g/mol. The summed E-state index contributed by atoms with van der Waals surface area (Å²) >= 11 is 0. The number of rotatable bonds is 5. The lowest BCUT2D eigenvalue weighted by molar-refractivity contribution is 0.0789. The lowest BCUT2D eigenvalue weighted by atomic mass is 9.85. The molecule has 3 saturated carbocycles. The van der Waals surface area contributed by atoms with Crippen LogP contribution in [0.5, 0.6) is 0 Å². The van der Waals surface area contributed by atoms with E-state index in [0.717, 1.165) is 32.4 Å². The molecule has 2 aromatic rings. The van der Waals surface area contributed by atoms with Crippen LogP contribution in [0.2, 0.25) is 0 Å². The van der Waals surface area contributed by atoms with E-state index in [4.69, 9.17) is 0 Å². The van der Waals surface area contributed by atoms with Crippen LogP contribution in [-0.4, -0.2) is 43.1 Å². The van der Waals surface area contributed by atoms with Crippen molar-refractivity contribution in [2.45, 2.75) is 73.6 Å². The van der Waals surface area contributed by atoms with Crippen LogP contribution in [0.15, 0.2) is 40.0 Å². The van der Waals surface area contributed by atoms with E-state index in [2.05, 4.69) is 15.5 Å². The fraction of sp³-hybridized carbons (Fsp3) is 0.519. The predicted molar refractivity (Wildman–Crippen MR) is 138 cm³/mol. The molecule has 0 radical (unpaired) electrons. The van der Waals surface area contributed by atoms with Gasteiger partial charge in [-0.3, -0.25) is 19.0 Å². The van der Waals surface area contributed by atoms with Crippen molar-refractivity contribution in [3.8, 4) is 0 Å². The maximum atomic E-state index is 13.6. The van der Waals surface area contributed by atoms with Crippen molar-refractivity contribution in [2.75, 3.05) is 23.3 Å². The van der Waals surface area contributed by atoms with Crippen molar-refractivity contribution in [3.05, 3.63) is 51.9 Å². The van der Waals surface area contributed by atoms with E-state index in [1.807, 2.05) is 0 Å². The summed E-state index contributed by atoms with van der Waals surface area (Å²) in [7, 11) is -3.42. The van der Waals surface area contributed by atoms with Crippen molar-refractivity contribution in [1.29, 1.82) is 0 Å². The van der Waals surface area contributed by atoms with Crippen molar-refractivity contribution in [2.24, 2.45) is 5.41 Å². The van der Waals surface area contributed by atoms with Crippen LogP contribution in [0, 0.1) is 5.41 Å². The minimum absolute atomic E-state index is 0.104. The largest absolute Gasteiger partial charge is 0.371 e. The van der Waals surface area contributed by atoms with Gasteiger partial charge in [0.15, 0.2) is 9.84 Å². The molecule has 0 atom stereocenters. The van der Waals surface area contributed by atoms with Crippen LogP contribution in [0.4, 0.5) is 11.4 Å². The Morgan fingerprint density at radius 3 is 2.32 bits per heavy atom. The Balaban J connectivity index is 1.23. The van der Waals surface area contributed by atoms with E-state index in [1.165, 1.54) is 29.5 Å². The number of sulfone groups is 1. The van der Waals surface area contributed by atoms with E-state index in [9.17, 15) is 22.8 Å². The Hall–Kier alpha value is -3.14. The molecule has 1 aromatic carbocycles. The van der Waals surface area contributed by atoms with Crippen LogP contribution >= 0.6 is 0 Å². The van der Waals surface area contributed by atoms with Crippen LogP contribution in [0.1, 0.15) is 78.6 Å². The smallest absolute Gasteiger partial charge is 0.276 e. The molecule has 2 spiro atoms. The maximum Gasteiger partial charge on any atom is 0.276 e. The number of amides is 2. The van der Waals surface area contributed by atoms with Gasteiger partial charge in [-0.25, -0.2) is 8.42 Å². The second-order valence-corrected chi connectivity index (χ2v) is 13.7. The van der Waals surface area contributed by atoms with Crippen LogP contribution in [0.3, 0.4) is 0 Å². The zero-order chi connectivity index (χ0) is 25.6. The number of nitrogens with zero attached hydrogens (tertiary/aromatic N) is 2. The number of fused-ring (bicyclic) bond motifs is 2. The summed E-state index contributed by atoms with van der Waals surface area (Å²) in [5, 5.41) is 5.37. The monoisotopic (exact) mass is 522 g/mol. The summed E-state index contributed by atoms with van der Waals surface area (Å²) in [4.78, 5) is 41.7. The molecule has 2 aliphatic heterocycles. The fourth-order valence-electron chi connectivity index (χ4n) is 6.23. The molecular weight excluding hydrogens is 492 g/mol. The molecule has 10 heteroatoms. The number of aromatic nitrogens is 1. The molecule has 5 aliphatic rings. The highest BCUT2D eigenvalue weighted by Gasteiger charge is 2.48. The van der Waals surface area contributed by atoms with E-state index >= 15 is 0 Å². The molecular formula is C27H30N4O5S. The highest BCUT2D eigenvalue weighted by molar-refractivity contribution is 7.92. The number of hydrogen-bond donors (Lipinski definition) is 2. The van der Waals surface area contributed by atoms with Gasteiger partial charge in [-0.1, -0.05) is 0 Å². The average Bonchev–Trinajstić information content (AvgIpc) is 3.80. The number of nitrogens with one attached hydrogen (secondary N) is 2. The standard InChI is InChI=1S/C27H30N4O5S/c32-23(28-20-6-7-21-24(33)29-27(8-1-9-27)31(21)25(20)34)19-5-4-18(37(35,36)17-2-3-17)16-22(19)30-14-12-26(10-11-26)13-15-30/h4-7,16-17H,1-3,8-15H2,(H,28,32)(H,29,33). The van der Waals surface area contributed by atoms with Crippen molar-refractivity contribution in [1.82, 2.24) is 9.88 Å². The third-order valence-corrected chi connectivity index (χ3v) is 11.4. The maximum absolute atomic E-state index is 13.6. The van der Waals surface area contributed by atoms with Crippen molar-refractivity contribution in [3.63, 3.8) is 0 Å². The summed E-state index contributed by atoms with van der Waals surface area (Å²) in [6, 6.07) is 7.79. The molecule has 1 aromatic heterocycles. The Morgan fingerprint density at radius 2 is 1.70 bits per heavy atom. The zero-order valence-corrected chi connectivity index (χ0v) is 21.4. The molecule has 3 aliphatic carbocycles. The zero-order valence-electron chi connectivity index (χ0n) is 20.6. The number of benzene rings is 1. The second kappa shape index (κ2) is 7.69. The van der Waals surface area contributed by atoms with E-state index in [1.54, 1.807) is 18.2 Å². The second-order valence-electron chi connectivity index (χ2n) is 11.5. The van der Waals surface area contributed by atoms with Gasteiger partial charge in [0.25, 0.3) is 17.4 Å². The quantitative estimate of drug-likeness (QED) is 0.624. The molecule has 1 saturated heterocycles. The molecule has 4 fully saturated rings. The summed E-state index contributed by atoms with van der Waals surface area (Å²) in [6.45, 7) is 1.54. The first-order valence-electron chi connectivity index (χ1n) is 13.2. The summed E-state index contributed by atoms with van der Waals surface area (Å²) < 4.78 is 27.5. The number of carbonyl (C=O) groups is 2. The van der Waals surface area contributed by atoms with Crippen LogP contribution in [-0.2, 0) is 15.5 Å². The van der Waals surface area contributed by atoms with Gasteiger partial charge in [0, 0.05) is 13.1 Å².